The highest BCUT2D eigenvalue weighted by Gasteiger charge is 2.35. The van der Waals surface area contributed by atoms with E-state index in [9.17, 15) is 21.6 Å². The Bertz CT molecular complexity index is 930. The topological polar surface area (TPSA) is 119 Å². The number of methoxy groups -OCH3 is 1. The van der Waals surface area contributed by atoms with Crippen LogP contribution in [-0.2, 0) is 29.6 Å². The molecule has 1 aromatic rings. The van der Waals surface area contributed by atoms with Crippen LogP contribution in [0.2, 0.25) is 0 Å². The molecule has 29 heavy (non-hydrogen) atoms. The first-order valence-corrected chi connectivity index (χ1v) is 12.6. The first kappa shape index (κ1) is 23.4. The molecule has 1 saturated heterocycles. The van der Waals surface area contributed by atoms with Crippen LogP contribution >= 0.6 is 0 Å². The van der Waals surface area contributed by atoms with Gasteiger partial charge in [0, 0.05) is 19.2 Å². The van der Waals surface area contributed by atoms with E-state index in [-0.39, 0.29) is 41.8 Å². The van der Waals surface area contributed by atoms with Crippen LogP contribution in [0.4, 0.5) is 5.69 Å². The predicted octanol–water partition coefficient (Wildman–Crippen LogP) is 1.81. The minimum absolute atomic E-state index is 0.0277. The third-order valence-corrected chi connectivity index (χ3v) is 7.93. The van der Waals surface area contributed by atoms with Crippen molar-refractivity contribution in [1.29, 1.82) is 0 Å². The highest BCUT2D eigenvalue weighted by Crippen LogP contribution is 2.32. The lowest BCUT2D eigenvalue weighted by Crippen LogP contribution is -2.42. The molecule has 1 atom stereocenters. The van der Waals surface area contributed by atoms with Crippen molar-refractivity contribution in [3.63, 3.8) is 0 Å². The van der Waals surface area contributed by atoms with Crippen LogP contribution in [0.15, 0.2) is 23.1 Å². The largest absolute Gasteiger partial charge is 0.495 e. The Morgan fingerprint density at radius 1 is 1.24 bits per heavy atom. The Hall–Kier alpha value is -1.85. The SMILES string of the molecule is CCCS(=O)(=O)Nc1ccc(S(=O)(=O)N2CCC[C@H](C(=O)OCC)C2)c(OC)c1. The van der Waals surface area contributed by atoms with Crippen LogP contribution in [0.25, 0.3) is 0 Å². The van der Waals surface area contributed by atoms with Gasteiger partial charge in [-0.05, 0) is 38.3 Å². The maximum atomic E-state index is 13.1. The minimum Gasteiger partial charge on any atom is -0.495 e. The maximum Gasteiger partial charge on any atom is 0.310 e. The average Bonchev–Trinajstić information content (AvgIpc) is 2.67. The van der Waals surface area contributed by atoms with Gasteiger partial charge in [-0.2, -0.15) is 4.31 Å². The number of anilines is 1. The number of nitrogens with zero attached hydrogens (tertiary/aromatic N) is 1. The molecule has 1 aromatic carbocycles. The summed E-state index contributed by atoms with van der Waals surface area (Å²) in [6.07, 6.45) is 1.57. The van der Waals surface area contributed by atoms with E-state index in [1.165, 1.54) is 29.6 Å². The highest BCUT2D eigenvalue weighted by molar-refractivity contribution is 7.92. The van der Waals surface area contributed by atoms with E-state index in [1.54, 1.807) is 13.8 Å². The van der Waals surface area contributed by atoms with Crippen molar-refractivity contribution < 1.29 is 31.1 Å². The summed E-state index contributed by atoms with van der Waals surface area (Å²) in [5.41, 5.74) is 0.220. The molecule has 1 fully saturated rings. The van der Waals surface area contributed by atoms with Crippen LogP contribution in [-0.4, -0.2) is 59.7 Å². The van der Waals surface area contributed by atoms with E-state index >= 15 is 0 Å². The van der Waals surface area contributed by atoms with Gasteiger partial charge in [-0.15, -0.1) is 0 Å². The van der Waals surface area contributed by atoms with E-state index in [0.29, 0.717) is 19.3 Å². The van der Waals surface area contributed by atoms with E-state index in [0.717, 1.165) is 0 Å². The molecule has 11 heteroatoms. The van der Waals surface area contributed by atoms with E-state index < -0.39 is 31.9 Å². The number of hydrogen-bond donors (Lipinski definition) is 1. The number of nitrogens with one attached hydrogen (secondary N) is 1. The summed E-state index contributed by atoms with van der Waals surface area (Å²) in [5, 5.41) is 0. The molecule has 1 aliphatic heterocycles. The second-order valence-corrected chi connectivity index (χ2v) is 10.5. The van der Waals surface area contributed by atoms with Gasteiger partial charge in [0.2, 0.25) is 20.0 Å². The molecule has 1 aliphatic rings. The lowest BCUT2D eigenvalue weighted by atomic mass is 10.0. The highest BCUT2D eigenvalue weighted by atomic mass is 32.2. The molecule has 2 rings (SSSR count). The first-order chi connectivity index (χ1) is 13.6. The fraction of sp³-hybridized carbons (Fsp3) is 0.611. The maximum absolute atomic E-state index is 13.1. The molecular weight excluding hydrogens is 420 g/mol. The van der Waals surface area contributed by atoms with Crippen molar-refractivity contribution in [3.8, 4) is 5.75 Å². The molecule has 1 heterocycles. The molecule has 0 aliphatic carbocycles. The molecule has 9 nitrogen and oxygen atoms in total. The van der Waals surface area contributed by atoms with E-state index in [4.69, 9.17) is 9.47 Å². The van der Waals surface area contributed by atoms with Gasteiger partial charge in [-0.3, -0.25) is 9.52 Å². The number of piperidine rings is 1. The zero-order chi connectivity index (χ0) is 21.7. The van der Waals surface area contributed by atoms with Crippen LogP contribution in [0, 0.1) is 5.92 Å². The molecule has 0 saturated carbocycles. The second kappa shape index (κ2) is 9.77. The summed E-state index contributed by atoms with van der Waals surface area (Å²) in [6, 6.07) is 4.04. The number of sulfonamides is 2. The Labute approximate surface area is 172 Å². The van der Waals surface area contributed by atoms with E-state index in [2.05, 4.69) is 4.72 Å². The Kier molecular flexibility index (Phi) is 7.89. The second-order valence-electron chi connectivity index (χ2n) is 6.74. The van der Waals surface area contributed by atoms with Gasteiger partial charge in [-0.1, -0.05) is 6.92 Å². The Morgan fingerprint density at radius 2 is 1.97 bits per heavy atom. The van der Waals surface area contributed by atoms with Gasteiger partial charge in [0.15, 0.2) is 0 Å². The molecule has 0 spiro atoms. The number of hydrogen-bond acceptors (Lipinski definition) is 7. The molecule has 0 aromatic heterocycles. The smallest absolute Gasteiger partial charge is 0.310 e. The summed E-state index contributed by atoms with van der Waals surface area (Å²) < 4.78 is 64.1. The number of rotatable bonds is 9. The zero-order valence-electron chi connectivity index (χ0n) is 16.9. The number of esters is 1. The van der Waals surface area contributed by atoms with Crippen molar-refractivity contribution in [2.24, 2.45) is 5.92 Å². The summed E-state index contributed by atoms with van der Waals surface area (Å²) in [4.78, 5) is 11.9. The molecule has 0 radical (unpaired) electrons. The zero-order valence-corrected chi connectivity index (χ0v) is 18.5. The number of carbonyl (C=O) groups excluding carboxylic acids is 1. The van der Waals surface area contributed by atoms with E-state index in [1.807, 2.05) is 0 Å². The summed E-state index contributed by atoms with van der Waals surface area (Å²) in [7, 11) is -6.14. The molecule has 0 unspecified atom stereocenters. The number of carbonyl (C=O) groups is 1. The van der Waals surface area contributed by atoms with Gasteiger partial charge in [-0.25, -0.2) is 16.8 Å². The molecule has 1 N–H and O–H groups in total. The van der Waals surface area contributed by atoms with Crippen LogP contribution in [0.5, 0.6) is 5.75 Å². The first-order valence-electron chi connectivity index (χ1n) is 9.50. The summed E-state index contributed by atoms with van der Waals surface area (Å²) in [5.74, 6) is -0.928. The van der Waals surface area contributed by atoms with Gasteiger partial charge < -0.3 is 9.47 Å². The number of benzene rings is 1. The molecule has 0 amide bonds. The lowest BCUT2D eigenvalue weighted by molar-refractivity contribution is -0.149. The number of ether oxygens (including phenoxy) is 2. The van der Waals surface area contributed by atoms with Crippen LogP contribution in [0.1, 0.15) is 33.1 Å². The predicted molar refractivity (Wildman–Crippen MR) is 109 cm³/mol. The van der Waals surface area contributed by atoms with Gasteiger partial charge >= 0.3 is 5.97 Å². The van der Waals surface area contributed by atoms with Crippen molar-refractivity contribution in [1.82, 2.24) is 4.31 Å². The molecular formula is C18H28N2O7S2. The monoisotopic (exact) mass is 448 g/mol. The van der Waals surface area contributed by atoms with Gasteiger partial charge in [0.05, 0.1) is 31.1 Å². The molecule has 164 valence electrons. The third kappa shape index (κ3) is 5.83. The van der Waals surface area contributed by atoms with Gasteiger partial charge in [0.25, 0.3) is 0 Å². The fourth-order valence-electron chi connectivity index (χ4n) is 3.20. The van der Waals surface area contributed by atoms with Gasteiger partial charge in [0.1, 0.15) is 10.6 Å². The normalized spacial score (nSPS) is 18.2. The summed E-state index contributed by atoms with van der Waals surface area (Å²) >= 11 is 0. The molecule has 0 bridgehead atoms. The quantitative estimate of drug-likeness (QED) is 0.572. The average molecular weight is 449 g/mol. The Balaban J connectivity index is 2.28. The summed E-state index contributed by atoms with van der Waals surface area (Å²) in [6.45, 7) is 4.01. The minimum atomic E-state index is -3.93. The standard InChI is InChI=1S/C18H28N2O7S2/c1-4-11-28(22,23)19-15-8-9-17(16(12-15)26-3)29(24,25)20-10-6-7-14(13-20)18(21)27-5-2/h8-9,12,14,19H,4-7,10-11,13H2,1-3H3/t14-/m0/s1. The fourth-order valence-corrected chi connectivity index (χ4v) is 5.98. The van der Waals surface area contributed by atoms with Crippen LogP contribution in [0.3, 0.4) is 0 Å². The Morgan fingerprint density at radius 3 is 2.59 bits per heavy atom. The van der Waals surface area contributed by atoms with Crippen molar-refractivity contribution in [2.75, 3.05) is 37.3 Å². The van der Waals surface area contributed by atoms with Crippen molar-refractivity contribution in [2.45, 2.75) is 38.0 Å². The van der Waals surface area contributed by atoms with Crippen LogP contribution < -0.4 is 9.46 Å². The third-order valence-electron chi connectivity index (χ3n) is 4.53. The van der Waals surface area contributed by atoms with Crippen molar-refractivity contribution >= 4 is 31.7 Å². The van der Waals surface area contributed by atoms with Crippen molar-refractivity contribution in [3.05, 3.63) is 18.2 Å². The lowest BCUT2D eigenvalue weighted by Gasteiger charge is -2.31.